The molecule has 3 aliphatic carbocycles. The fourth-order valence-electron chi connectivity index (χ4n) is 4.29. The van der Waals surface area contributed by atoms with Gasteiger partial charge in [0.05, 0.1) is 5.41 Å². The first-order chi connectivity index (χ1) is 14.9. The van der Waals surface area contributed by atoms with Crippen molar-refractivity contribution < 1.29 is 23.5 Å². The Balaban J connectivity index is 1.69. The van der Waals surface area contributed by atoms with Crippen molar-refractivity contribution in [2.24, 2.45) is 23.0 Å². The molecule has 2 saturated carbocycles. The summed E-state index contributed by atoms with van der Waals surface area (Å²) in [6.07, 6.45) is 5.72. The number of hydrogen-bond donors (Lipinski definition) is 2. The molecule has 0 aliphatic heterocycles. The van der Waals surface area contributed by atoms with Crippen molar-refractivity contribution in [3.05, 3.63) is 46.8 Å². The summed E-state index contributed by atoms with van der Waals surface area (Å²) in [5.74, 6) is -0.0810. The van der Waals surface area contributed by atoms with Gasteiger partial charge in [-0.3, -0.25) is 9.59 Å². The summed E-state index contributed by atoms with van der Waals surface area (Å²) in [4.78, 5) is 25.0. The molecule has 0 spiro atoms. The maximum atomic E-state index is 15.0. The molecule has 0 radical (unpaired) electrons. The molecule has 166 valence electrons. The van der Waals surface area contributed by atoms with Crippen LogP contribution in [-0.4, -0.2) is 32.3 Å². The molecule has 3 aliphatic rings. The van der Waals surface area contributed by atoms with Crippen LogP contribution >= 0.6 is 0 Å². The van der Waals surface area contributed by atoms with Gasteiger partial charge in [-0.1, -0.05) is 6.07 Å². The molecule has 31 heavy (non-hydrogen) atoms. The summed E-state index contributed by atoms with van der Waals surface area (Å²) in [6.45, 7) is 2.33. The van der Waals surface area contributed by atoms with Gasteiger partial charge in [0, 0.05) is 24.8 Å². The Bertz CT molecular complexity index is 962. The van der Waals surface area contributed by atoms with E-state index in [9.17, 15) is 14.0 Å². The number of rotatable bonds is 9. The minimum atomic E-state index is -1.03. The molecule has 1 unspecified atom stereocenters. The van der Waals surface area contributed by atoms with Crippen molar-refractivity contribution in [1.29, 1.82) is 0 Å². The van der Waals surface area contributed by atoms with Gasteiger partial charge in [-0.05, 0) is 80.2 Å². The van der Waals surface area contributed by atoms with Crippen LogP contribution in [-0.2, 0) is 9.53 Å². The lowest BCUT2D eigenvalue weighted by atomic mass is 9.70. The first-order valence-corrected chi connectivity index (χ1v) is 10.8. The number of carbonyl (C=O) groups is 2. The van der Waals surface area contributed by atoms with Crippen molar-refractivity contribution in [1.82, 2.24) is 5.32 Å². The molecule has 0 saturated heterocycles. The number of nitrogens with one attached hydrogen (secondary N) is 1. The van der Waals surface area contributed by atoms with Gasteiger partial charge in [0.1, 0.15) is 11.6 Å². The second-order valence-electron chi connectivity index (χ2n) is 8.87. The van der Waals surface area contributed by atoms with Crippen LogP contribution in [0, 0.1) is 17.3 Å². The normalized spacial score (nSPS) is 23.4. The van der Waals surface area contributed by atoms with E-state index in [1.807, 2.05) is 0 Å². The van der Waals surface area contributed by atoms with E-state index in [0.29, 0.717) is 46.9 Å². The van der Waals surface area contributed by atoms with Gasteiger partial charge in [-0.15, -0.1) is 0 Å². The third-order valence-electron chi connectivity index (χ3n) is 6.58. The zero-order chi connectivity index (χ0) is 22.2. The summed E-state index contributed by atoms with van der Waals surface area (Å²) in [7, 11) is 1.50. The minimum Gasteiger partial charge on any atom is -0.467 e. The second kappa shape index (κ2) is 8.46. The topological polar surface area (TPSA) is 90.7 Å². The first kappa shape index (κ1) is 21.6. The molecular weight excluding hydrogens is 399 g/mol. The molecule has 0 aromatic heterocycles. The molecule has 3 N–H and O–H groups in total. The number of methoxy groups -OCH3 is 1. The average Bonchev–Trinajstić information content (AvgIpc) is 3.65. The van der Waals surface area contributed by atoms with Gasteiger partial charge in [-0.2, -0.15) is 0 Å². The van der Waals surface area contributed by atoms with E-state index in [2.05, 4.69) is 5.32 Å². The van der Waals surface area contributed by atoms with E-state index >= 15 is 0 Å². The van der Waals surface area contributed by atoms with Gasteiger partial charge < -0.3 is 20.5 Å². The van der Waals surface area contributed by atoms with Crippen LogP contribution in [0.4, 0.5) is 4.39 Å². The number of nitrogens with two attached hydrogens (primary N) is 1. The van der Waals surface area contributed by atoms with Crippen LogP contribution in [0.1, 0.15) is 54.9 Å². The maximum absolute atomic E-state index is 15.0. The lowest BCUT2D eigenvalue weighted by Crippen LogP contribution is -2.39. The fourth-order valence-corrected chi connectivity index (χ4v) is 4.29. The zero-order valence-electron chi connectivity index (χ0n) is 18.0. The van der Waals surface area contributed by atoms with Crippen LogP contribution in [0.15, 0.2) is 35.7 Å². The standard InChI is InChI=1S/C24H29FN2O4/c1-14-19(10-24(23(26)29,11-20(14)25)17-6-7-17)18-8-5-16(9-21(18)31-13-30-2)22(28)27-12-15-3-4-15/h5,8-9,11,15,17H,3-4,6-7,10,12-13H2,1-2H3,(H2,26,29)(H,27,28). The van der Waals surface area contributed by atoms with E-state index in [0.717, 1.165) is 25.7 Å². The smallest absolute Gasteiger partial charge is 0.251 e. The average molecular weight is 429 g/mol. The predicted molar refractivity (Wildman–Crippen MR) is 115 cm³/mol. The molecular formula is C24H29FN2O4. The highest BCUT2D eigenvalue weighted by atomic mass is 19.1. The molecule has 4 rings (SSSR count). The highest BCUT2D eigenvalue weighted by Gasteiger charge is 2.51. The Morgan fingerprint density at radius 3 is 2.61 bits per heavy atom. The molecule has 2 fully saturated rings. The molecule has 1 aromatic carbocycles. The maximum Gasteiger partial charge on any atom is 0.251 e. The van der Waals surface area contributed by atoms with Crippen LogP contribution in [0.25, 0.3) is 5.57 Å². The van der Waals surface area contributed by atoms with Crippen molar-refractivity contribution >= 4 is 17.4 Å². The van der Waals surface area contributed by atoms with E-state index in [4.69, 9.17) is 15.2 Å². The van der Waals surface area contributed by atoms with E-state index in [1.165, 1.54) is 13.2 Å². The molecule has 0 heterocycles. The molecule has 1 atom stereocenters. The largest absolute Gasteiger partial charge is 0.467 e. The summed E-state index contributed by atoms with van der Waals surface area (Å²) in [6, 6.07) is 5.11. The Morgan fingerprint density at radius 2 is 2.00 bits per heavy atom. The Labute approximate surface area is 181 Å². The third-order valence-corrected chi connectivity index (χ3v) is 6.58. The monoisotopic (exact) mass is 428 g/mol. The molecule has 6 nitrogen and oxygen atoms in total. The first-order valence-electron chi connectivity index (χ1n) is 10.8. The number of allylic oxidation sites excluding steroid dienone is 3. The Kier molecular flexibility index (Phi) is 5.88. The Hall–Kier alpha value is -2.67. The van der Waals surface area contributed by atoms with Crippen molar-refractivity contribution in [3.63, 3.8) is 0 Å². The number of carbonyl (C=O) groups excluding carboxylic acids is 2. The fraction of sp³-hybridized carbons (Fsp3) is 0.500. The molecule has 0 bridgehead atoms. The van der Waals surface area contributed by atoms with Crippen molar-refractivity contribution in [2.45, 2.75) is 39.0 Å². The van der Waals surface area contributed by atoms with E-state index < -0.39 is 17.1 Å². The lowest BCUT2D eigenvalue weighted by molar-refractivity contribution is -0.126. The van der Waals surface area contributed by atoms with E-state index in [-0.39, 0.29) is 18.6 Å². The van der Waals surface area contributed by atoms with Gasteiger partial charge in [-0.25, -0.2) is 4.39 Å². The number of amides is 2. The SMILES string of the molecule is COCOc1cc(C(=O)NCC2CC2)ccc1C1=C(C)C(F)=CC(C(N)=O)(C2CC2)C1. The summed E-state index contributed by atoms with van der Waals surface area (Å²) < 4.78 is 25.8. The number of benzene rings is 1. The lowest BCUT2D eigenvalue weighted by Gasteiger charge is -2.33. The van der Waals surface area contributed by atoms with Crippen LogP contribution < -0.4 is 15.8 Å². The molecule has 2 amide bonds. The van der Waals surface area contributed by atoms with Gasteiger partial charge >= 0.3 is 0 Å². The number of primary amides is 1. The van der Waals surface area contributed by atoms with E-state index in [1.54, 1.807) is 25.1 Å². The summed E-state index contributed by atoms with van der Waals surface area (Å²) >= 11 is 0. The third kappa shape index (κ3) is 4.37. The number of ether oxygens (including phenoxy) is 2. The predicted octanol–water partition coefficient (Wildman–Crippen LogP) is 3.72. The van der Waals surface area contributed by atoms with Crippen LogP contribution in [0.5, 0.6) is 5.75 Å². The van der Waals surface area contributed by atoms with Gasteiger partial charge in [0.15, 0.2) is 6.79 Å². The molecule has 7 heteroatoms. The van der Waals surface area contributed by atoms with Gasteiger partial charge in [0.25, 0.3) is 5.91 Å². The highest BCUT2D eigenvalue weighted by molar-refractivity contribution is 5.96. The summed E-state index contributed by atoms with van der Waals surface area (Å²) in [5, 5.41) is 2.94. The van der Waals surface area contributed by atoms with Crippen molar-refractivity contribution in [2.75, 3.05) is 20.4 Å². The number of hydrogen-bond acceptors (Lipinski definition) is 4. The van der Waals surface area contributed by atoms with Crippen LogP contribution in [0.3, 0.4) is 0 Å². The highest BCUT2D eigenvalue weighted by Crippen LogP contribution is 2.55. The Morgan fingerprint density at radius 1 is 1.26 bits per heavy atom. The number of halogens is 1. The van der Waals surface area contributed by atoms with Crippen molar-refractivity contribution in [3.8, 4) is 5.75 Å². The minimum absolute atomic E-state index is 0.0195. The van der Waals surface area contributed by atoms with Crippen LogP contribution in [0.2, 0.25) is 0 Å². The molecule has 1 aromatic rings. The van der Waals surface area contributed by atoms with Gasteiger partial charge in [0.2, 0.25) is 5.91 Å². The summed E-state index contributed by atoms with van der Waals surface area (Å²) in [5.41, 5.74) is 6.95. The quantitative estimate of drug-likeness (QED) is 0.587. The second-order valence-corrected chi connectivity index (χ2v) is 8.87. The zero-order valence-corrected chi connectivity index (χ0v) is 18.0.